The summed E-state index contributed by atoms with van der Waals surface area (Å²) >= 11 is 1.78. The molecule has 0 fully saturated rings. The molecular weight excluding hydrogens is 354 g/mol. The molecule has 0 saturated heterocycles. The average Bonchev–Trinajstić information content (AvgIpc) is 3.05. The third-order valence-electron chi connectivity index (χ3n) is 5.55. The van der Waals surface area contributed by atoms with Gasteiger partial charge in [-0.25, -0.2) is 0 Å². The smallest absolute Gasteiger partial charge is 0.272 e. The second-order valence-electron chi connectivity index (χ2n) is 7.20. The maximum absolute atomic E-state index is 13.1. The first-order chi connectivity index (χ1) is 13.2. The van der Waals surface area contributed by atoms with Gasteiger partial charge in [-0.2, -0.15) is 5.10 Å². The Morgan fingerprint density at radius 2 is 2.00 bits per heavy atom. The van der Waals surface area contributed by atoms with E-state index in [-0.39, 0.29) is 11.9 Å². The summed E-state index contributed by atoms with van der Waals surface area (Å²) in [4.78, 5) is 14.4. The SMILES string of the molecule is Cn1nc(C(=O)N[C@H]2CCCc3ccccc32)c2c1-c1ccccc1SC2. The third-order valence-corrected chi connectivity index (χ3v) is 6.65. The molecule has 0 bridgehead atoms. The lowest BCUT2D eigenvalue weighted by molar-refractivity contribution is 0.0926. The molecule has 2 heterocycles. The van der Waals surface area contributed by atoms with Crippen molar-refractivity contribution in [2.75, 3.05) is 0 Å². The van der Waals surface area contributed by atoms with Gasteiger partial charge in [0.25, 0.3) is 5.91 Å². The maximum Gasteiger partial charge on any atom is 0.272 e. The van der Waals surface area contributed by atoms with Gasteiger partial charge >= 0.3 is 0 Å². The Morgan fingerprint density at radius 1 is 1.19 bits per heavy atom. The van der Waals surface area contributed by atoms with Crippen LogP contribution >= 0.6 is 11.8 Å². The van der Waals surface area contributed by atoms with Crippen molar-refractivity contribution in [1.82, 2.24) is 15.1 Å². The van der Waals surface area contributed by atoms with E-state index in [0.29, 0.717) is 5.69 Å². The van der Waals surface area contributed by atoms with Crippen LogP contribution in [0.1, 0.15) is 46.1 Å². The van der Waals surface area contributed by atoms with Crippen LogP contribution in [0, 0.1) is 0 Å². The number of amides is 1. The van der Waals surface area contributed by atoms with Crippen molar-refractivity contribution in [1.29, 1.82) is 0 Å². The molecule has 1 aliphatic carbocycles. The summed E-state index contributed by atoms with van der Waals surface area (Å²) < 4.78 is 1.86. The molecule has 0 spiro atoms. The van der Waals surface area contributed by atoms with Gasteiger partial charge in [0.05, 0.1) is 11.7 Å². The molecule has 2 aromatic carbocycles. The minimum absolute atomic E-state index is 0.0615. The monoisotopic (exact) mass is 375 g/mol. The molecule has 3 aromatic rings. The van der Waals surface area contributed by atoms with Gasteiger partial charge in [0.1, 0.15) is 0 Å². The molecule has 2 aliphatic rings. The lowest BCUT2D eigenvalue weighted by Crippen LogP contribution is -2.31. The van der Waals surface area contributed by atoms with Crippen molar-refractivity contribution in [3.05, 3.63) is 70.9 Å². The van der Waals surface area contributed by atoms with Crippen LogP contribution in [0.3, 0.4) is 0 Å². The van der Waals surface area contributed by atoms with E-state index >= 15 is 0 Å². The maximum atomic E-state index is 13.1. The number of benzene rings is 2. The summed E-state index contributed by atoms with van der Waals surface area (Å²) in [5, 5.41) is 7.86. The number of fused-ring (bicyclic) bond motifs is 4. The fourth-order valence-electron chi connectivity index (χ4n) is 4.29. The van der Waals surface area contributed by atoms with Crippen LogP contribution in [-0.2, 0) is 19.2 Å². The van der Waals surface area contributed by atoms with Crippen molar-refractivity contribution in [3.63, 3.8) is 0 Å². The lowest BCUT2D eigenvalue weighted by Gasteiger charge is -2.26. The first-order valence-corrected chi connectivity index (χ1v) is 10.4. The van der Waals surface area contributed by atoms with E-state index in [1.807, 2.05) is 17.8 Å². The summed E-state index contributed by atoms with van der Waals surface area (Å²) in [6.07, 6.45) is 3.18. The Balaban J connectivity index is 1.48. The summed E-state index contributed by atoms with van der Waals surface area (Å²) in [6.45, 7) is 0. The predicted octanol–water partition coefficient (Wildman–Crippen LogP) is 4.50. The van der Waals surface area contributed by atoms with Crippen LogP contribution in [0.2, 0.25) is 0 Å². The highest BCUT2D eigenvalue weighted by Gasteiger charge is 2.29. The quantitative estimate of drug-likeness (QED) is 0.717. The van der Waals surface area contributed by atoms with Crippen LogP contribution in [0.25, 0.3) is 11.3 Å². The number of hydrogen-bond donors (Lipinski definition) is 1. The summed E-state index contributed by atoms with van der Waals surface area (Å²) in [5.41, 5.74) is 6.45. The van der Waals surface area contributed by atoms with Gasteiger partial charge in [-0.05, 0) is 36.5 Å². The van der Waals surface area contributed by atoms with E-state index in [9.17, 15) is 4.79 Å². The molecule has 1 amide bonds. The van der Waals surface area contributed by atoms with Gasteiger partial charge in [0.2, 0.25) is 0 Å². The number of carbonyl (C=O) groups is 1. The number of nitrogens with one attached hydrogen (secondary N) is 1. The van der Waals surface area contributed by atoms with Gasteiger partial charge in [0, 0.05) is 28.8 Å². The molecule has 136 valence electrons. The van der Waals surface area contributed by atoms with Crippen molar-refractivity contribution in [2.24, 2.45) is 7.05 Å². The van der Waals surface area contributed by atoms with Crippen molar-refractivity contribution < 1.29 is 4.79 Å². The standard InChI is InChI=1S/C22H21N3OS/c1-25-21-16-10-4-5-12-19(16)27-13-17(21)20(24-25)22(26)23-18-11-6-8-14-7-2-3-9-15(14)18/h2-5,7,9-10,12,18H,6,8,11,13H2,1H3,(H,23,26)/t18-/m0/s1. The third kappa shape index (κ3) is 2.77. The van der Waals surface area contributed by atoms with Crippen molar-refractivity contribution in [3.8, 4) is 11.3 Å². The van der Waals surface area contributed by atoms with E-state index < -0.39 is 0 Å². The first kappa shape index (κ1) is 16.6. The molecule has 4 nitrogen and oxygen atoms in total. The average molecular weight is 375 g/mol. The number of carbonyl (C=O) groups excluding carboxylic acids is 1. The van der Waals surface area contributed by atoms with E-state index in [1.54, 1.807) is 11.8 Å². The molecule has 1 aromatic heterocycles. The lowest BCUT2D eigenvalue weighted by atomic mass is 9.87. The second kappa shape index (κ2) is 6.57. The van der Waals surface area contributed by atoms with Crippen LogP contribution in [0.15, 0.2) is 53.4 Å². The van der Waals surface area contributed by atoms with Gasteiger partial charge in [-0.3, -0.25) is 9.48 Å². The fourth-order valence-corrected chi connectivity index (χ4v) is 5.36. The Kier molecular flexibility index (Phi) is 4.05. The highest BCUT2D eigenvalue weighted by molar-refractivity contribution is 7.98. The molecule has 0 unspecified atom stereocenters. The molecule has 0 saturated carbocycles. The van der Waals surface area contributed by atoms with Crippen LogP contribution in [0.5, 0.6) is 0 Å². The number of nitrogens with zero attached hydrogens (tertiary/aromatic N) is 2. The number of thioether (sulfide) groups is 1. The van der Waals surface area contributed by atoms with Gasteiger partial charge in [0.15, 0.2) is 5.69 Å². The number of aryl methyl sites for hydroxylation is 2. The van der Waals surface area contributed by atoms with E-state index in [4.69, 9.17) is 0 Å². The van der Waals surface area contributed by atoms with Crippen LogP contribution < -0.4 is 5.32 Å². The first-order valence-electron chi connectivity index (χ1n) is 9.39. The zero-order chi connectivity index (χ0) is 18.4. The topological polar surface area (TPSA) is 46.9 Å². The van der Waals surface area contributed by atoms with Crippen LogP contribution in [-0.4, -0.2) is 15.7 Å². The van der Waals surface area contributed by atoms with Gasteiger partial charge in [-0.1, -0.05) is 42.5 Å². The summed E-state index contributed by atoms with van der Waals surface area (Å²) in [7, 11) is 1.93. The minimum Gasteiger partial charge on any atom is -0.344 e. The number of hydrogen-bond acceptors (Lipinski definition) is 3. The fraction of sp³-hybridized carbons (Fsp3) is 0.273. The Bertz CT molecular complexity index is 1040. The molecule has 27 heavy (non-hydrogen) atoms. The highest BCUT2D eigenvalue weighted by Crippen LogP contribution is 2.42. The zero-order valence-electron chi connectivity index (χ0n) is 15.2. The number of aromatic nitrogens is 2. The normalized spacial score (nSPS) is 17.6. The predicted molar refractivity (Wildman–Crippen MR) is 108 cm³/mol. The molecule has 0 radical (unpaired) electrons. The number of rotatable bonds is 2. The van der Waals surface area contributed by atoms with E-state index in [1.165, 1.54) is 21.6 Å². The molecule has 1 aliphatic heterocycles. The van der Waals surface area contributed by atoms with Gasteiger partial charge in [-0.15, -0.1) is 11.8 Å². The van der Waals surface area contributed by atoms with Crippen LogP contribution in [0.4, 0.5) is 0 Å². The molecule has 5 rings (SSSR count). The van der Waals surface area contributed by atoms with Crippen molar-refractivity contribution in [2.45, 2.75) is 36.0 Å². The summed E-state index contributed by atoms with van der Waals surface area (Å²) in [6, 6.07) is 16.9. The van der Waals surface area contributed by atoms with Gasteiger partial charge < -0.3 is 5.32 Å². The zero-order valence-corrected chi connectivity index (χ0v) is 16.1. The van der Waals surface area contributed by atoms with Crippen molar-refractivity contribution >= 4 is 17.7 Å². The molecular formula is C22H21N3OS. The van der Waals surface area contributed by atoms with E-state index in [0.717, 1.165) is 36.3 Å². The molecule has 1 atom stereocenters. The van der Waals surface area contributed by atoms with E-state index in [2.05, 4.69) is 52.9 Å². The Morgan fingerprint density at radius 3 is 2.93 bits per heavy atom. The molecule has 1 N–H and O–H groups in total. The summed E-state index contributed by atoms with van der Waals surface area (Å²) in [5.74, 6) is 0.720. The Hall–Kier alpha value is -2.53. The molecule has 5 heteroatoms. The Labute approximate surface area is 163 Å². The highest BCUT2D eigenvalue weighted by atomic mass is 32.2. The second-order valence-corrected chi connectivity index (χ2v) is 8.22. The minimum atomic E-state index is -0.0615. The largest absolute Gasteiger partial charge is 0.344 e.